The van der Waals surface area contributed by atoms with Gasteiger partial charge in [0, 0.05) is 13.2 Å². The van der Waals surface area contributed by atoms with E-state index in [-0.39, 0.29) is 6.54 Å². The van der Waals surface area contributed by atoms with Crippen LogP contribution in [-0.4, -0.2) is 48.8 Å². The predicted octanol–water partition coefficient (Wildman–Crippen LogP) is 1.21. The highest BCUT2D eigenvalue weighted by Gasteiger charge is 2.35. The maximum absolute atomic E-state index is 10.8. The number of aliphatic carboxylic acids is 1. The molecule has 0 bridgehead atoms. The molecule has 1 rings (SSSR count). The van der Waals surface area contributed by atoms with Crippen molar-refractivity contribution in [1.82, 2.24) is 4.90 Å². The molecule has 1 unspecified atom stereocenters. The van der Waals surface area contributed by atoms with E-state index < -0.39 is 5.97 Å². The minimum atomic E-state index is -0.745. The summed E-state index contributed by atoms with van der Waals surface area (Å²) in [6.45, 7) is 3.71. The molecule has 0 aromatic carbocycles. The zero-order valence-corrected chi connectivity index (χ0v) is 9.61. The number of hydrogen-bond donors (Lipinski definition) is 1. The molecule has 0 aromatic heterocycles. The van der Waals surface area contributed by atoms with Gasteiger partial charge in [-0.15, -0.1) is 0 Å². The fourth-order valence-electron chi connectivity index (χ4n) is 2.01. The van der Waals surface area contributed by atoms with E-state index in [2.05, 4.69) is 6.92 Å². The molecule has 0 aliphatic heterocycles. The number of carbonyl (C=O) groups is 1. The first-order valence-electron chi connectivity index (χ1n) is 5.63. The normalized spacial score (nSPS) is 18.1. The Morgan fingerprint density at radius 3 is 2.67 bits per heavy atom. The van der Waals surface area contributed by atoms with Crippen LogP contribution >= 0.6 is 0 Å². The quantitative estimate of drug-likeness (QED) is 0.661. The maximum atomic E-state index is 10.8. The standard InChI is InChI=1S/C11H21NO3/c1-3-6-12(7-11(13)14)10(8-15-2)9-4-5-9/h9-10H,3-8H2,1-2H3,(H,13,14). The van der Waals surface area contributed by atoms with Crippen molar-refractivity contribution in [3.8, 4) is 0 Å². The van der Waals surface area contributed by atoms with Crippen molar-refractivity contribution in [2.24, 2.45) is 5.92 Å². The molecule has 0 radical (unpaired) electrons. The zero-order valence-electron chi connectivity index (χ0n) is 9.61. The minimum Gasteiger partial charge on any atom is -0.480 e. The van der Waals surface area contributed by atoms with Gasteiger partial charge in [0.25, 0.3) is 0 Å². The molecule has 1 fully saturated rings. The predicted molar refractivity (Wildman–Crippen MR) is 57.9 cm³/mol. The second kappa shape index (κ2) is 6.08. The van der Waals surface area contributed by atoms with Gasteiger partial charge < -0.3 is 9.84 Å². The van der Waals surface area contributed by atoms with E-state index >= 15 is 0 Å². The van der Waals surface area contributed by atoms with Gasteiger partial charge in [-0.25, -0.2) is 0 Å². The molecule has 0 amide bonds. The molecule has 0 spiro atoms. The van der Waals surface area contributed by atoms with Gasteiger partial charge in [0.05, 0.1) is 13.2 Å². The van der Waals surface area contributed by atoms with Crippen LogP contribution in [0, 0.1) is 5.92 Å². The Morgan fingerprint density at radius 1 is 1.60 bits per heavy atom. The summed E-state index contributed by atoms with van der Waals surface area (Å²) < 4.78 is 5.18. The summed E-state index contributed by atoms with van der Waals surface area (Å²) in [4.78, 5) is 12.8. The van der Waals surface area contributed by atoms with Gasteiger partial charge in [-0.2, -0.15) is 0 Å². The Balaban J connectivity index is 2.51. The largest absolute Gasteiger partial charge is 0.480 e. The smallest absolute Gasteiger partial charge is 0.317 e. The fraction of sp³-hybridized carbons (Fsp3) is 0.909. The minimum absolute atomic E-state index is 0.137. The lowest BCUT2D eigenvalue weighted by Crippen LogP contribution is -2.43. The molecule has 88 valence electrons. The summed E-state index contributed by atoms with van der Waals surface area (Å²) in [6, 6.07) is 0.297. The molecule has 0 aromatic rings. The van der Waals surface area contributed by atoms with Crippen molar-refractivity contribution >= 4 is 5.97 Å². The Hall–Kier alpha value is -0.610. The number of carboxylic acids is 1. The maximum Gasteiger partial charge on any atom is 0.317 e. The lowest BCUT2D eigenvalue weighted by atomic mass is 10.1. The summed E-state index contributed by atoms with van der Waals surface area (Å²) in [5, 5.41) is 8.85. The molecule has 1 aliphatic rings. The summed E-state index contributed by atoms with van der Waals surface area (Å²) >= 11 is 0. The van der Waals surface area contributed by atoms with Crippen LogP contribution in [0.5, 0.6) is 0 Å². The lowest BCUT2D eigenvalue weighted by Gasteiger charge is -2.29. The van der Waals surface area contributed by atoms with E-state index in [1.165, 1.54) is 12.8 Å². The van der Waals surface area contributed by atoms with Crippen LogP contribution in [-0.2, 0) is 9.53 Å². The van der Waals surface area contributed by atoms with E-state index in [4.69, 9.17) is 9.84 Å². The first-order chi connectivity index (χ1) is 7.19. The van der Waals surface area contributed by atoms with Crippen LogP contribution in [0.3, 0.4) is 0 Å². The monoisotopic (exact) mass is 215 g/mol. The van der Waals surface area contributed by atoms with Crippen molar-refractivity contribution < 1.29 is 14.6 Å². The highest BCUT2D eigenvalue weighted by molar-refractivity contribution is 5.69. The highest BCUT2D eigenvalue weighted by Crippen LogP contribution is 2.35. The summed E-state index contributed by atoms with van der Waals surface area (Å²) in [5.74, 6) is -0.0962. The van der Waals surface area contributed by atoms with E-state index in [0.717, 1.165) is 13.0 Å². The first kappa shape index (κ1) is 12.5. The summed E-state index contributed by atoms with van der Waals surface area (Å²) in [7, 11) is 1.68. The Morgan fingerprint density at radius 2 is 2.27 bits per heavy atom. The molecule has 1 N–H and O–H groups in total. The number of rotatable bonds is 8. The molecule has 4 nitrogen and oxygen atoms in total. The average molecular weight is 215 g/mol. The van der Waals surface area contributed by atoms with E-state index in [0.29, 0.717) is 18.6 Å². The van der Waals surface area contributed by atoms with Gasteiger partial charge in [-0.05, 0) is 31.7 Å². The van der Waals surface area contributed by atoms with Crippen LogP contribution in [0.15, 0.2) is 0 Å². The highest BCUT2D eigenvalue weighted by atomic mass is 16.5. The topological polar surface area (TPSA) is 49.8 Å². The van der Waals surface area contributed by atoms with Crippen LogP contribution in [0.2, 0.25) is 0 Å². The van der Waals surface area contributed by atoms with Crippen molar-refractivity contribution in [3.63, 3.8) is 0 Å². The molecule has 0 heterocycles. The molecule has 15 heavy (non-hydrogen) atoms. The SMILES string of the molecule is CCCN(CC(=O)O)C(COC)C1CC1. The molecule has 1 atom stereocenters. The third-order valence-electron chi connectivity index (χ3n) is 2.82. The third kappa shape index (κ3) is 4.18. The van der Waals surface area contributed by atoms with Crippen LogP contribution in [0.4, 0.5) is 0 Å². The lowest BCUT2D eigenvalue weighted by molar-refractivity contribution is -0.139. The third-order valence-corrected chi connectivity index (χ3v) is 2.82. The Labute approximate surface area is 91.2 Å². The Kier molecular flexibility index (Phi) is 5.05. The second-order valence-electron chi connectivity index (χ2n) is 4.22. The zero-order chi connectivity index (χ0) is 11.3. The van der Waals surface area contributed by atoms with Gasteiger partial charge in [0.1, 0.15) is 0 Å². The number of methoxy groups -OCH3 is 1. The number of ether oxygens (including phenoxy) is 1. The first-order valence-corrected chi connectivity index (χ1v) is 5.63. The molecule has 1 saturated carbocycles. The summed E-state index contributed by atoms with van der Waals surface area (Å²) in [5.41, 5.74) is 0. The van der Waals surface area contributed by atoms with Crippen LogP contribution < -0.4 is 0 Å². The molecular formula is C11H21NO3. The number of nitrogens with zero attached hydrogens (tertiary/aromatic N) is 1. The van der Waals surface area contributed by atoms with Crippen molar-refractivity contribution in [2.45, 2.75) is 32.2 Å². The van der Waals surface area contributed by atoms with Crippen LogP contribution in [0.1, 0.15) is 26.2 Å². The molecule has 4 heteroatoms. The number of hydrogen-bond acceptors (Lipinski definition) is 3. The fourth-order valence-corrected chi connectivity index (χ4v) is 2.01. The van der Waals surface area contributed by atoms with Crippen molar-refractivity contribution in [1.29, 1.82) is 0 Å². The van der Waals surface area contributed by atoms with Gasteiger partial charge in [0.2, 0.25) is 0 Å². The van der Waals surface area contributed by atoms with Gasteiger partial charge >= 0.3 is 5.97 Å². The second-order valence-corrected chi connectivity index (χ2v) is 4.22. The van der Waals surface area contributed by atoms with E-state index in [1.54, 1.807) is 7.11 Å². The van der Waals surface area contributed by atoms with E-state index in [9.17, 15) is 4.79 Å². The van der Waals surface area contributed by atoms with Gasteiger partial charge in [0.15, 0.2) is 0 Å². The van der Waals surface area contributed by atoms with Crippen molar-refractivity contribution in [2.75, 3.05) is 26.8 Å². The number of carboxylic acid groups (broad SMARTS) is 1. The molecular weight excluding hydrogens is 194 g/mol. The van der Waals surface area contributed by atoms with Gasteiger partial charge in [-0.3, -0.25) is 9.69 Å². The molecule has 1 aliphatic carbocycles. The average Bonchev–Trinajstić information content (AvgIpc) is 2.96. The summed E-state index contributed by atoms with van der Waals surface area (Å²) in [6.07, 6.45) is 3.42. The van der Waals surface area contributed by atoms with Crippen molar-refractivity contribution in [3.05, 3.63) is 0 Å². The van der Waals surface area contributed by atoms with E-state index in [1.807, 2.05) is 4.90 Å². The molecule has 0 saturated heterocycles. The van der Waals surface area contributed by atoms with Gasteiger partial charge in [-0.1, -0.05) is 6.92 Å². The Bertz CT molecular complexity index is 204. The van der Waals surface area contributed by atoms with Crippen LogP contribution in [0.25, 0.3) is 0 Å².